The van der Waals surface area contributed by atoms with E-state index in [2.05, 4.69) is 32.2 Å². The Labute approximate surface area is 113 Å². The second kappa shape index (κ2) is 5.98. The van der Waals surface area contributed by atoms with Crippen LogP contribution in [0, 0.1) is 12.8 Å². The van der Waals surface area contributed by atoms with Gasteiger partial charge >= 0.3 is 0 Å². The molecule has 1 aromatic carbocycles. The first-order valence-corrected chi connectivity index (χ1v) is 8.06. The fourth-order valence-corrected chi connectivity index (χ4v) is 4.78. The van der Waals surface area contributed by atoms with Crippen LogP contribution < -0.4 is 5.32 Å². The molecule has 0 saturated heterocycles. The van der Waals surface area contributed by atoms with Crippen molar-refractivity contribution in [2.24, 2.45) is 5.92 Å². The Balaban J connectivity index is 2.14. The molecule has 1 saturated carbocycles. The van der Waals surface area contributed by atoms with Crippen molar-refractivity contribution >= 4 is 10.8 Å². The fourth-order valence-electron chi connectivity index (χ4n) is 2.93. The molecule has 0 radical (unpaired) electrons. The molecule has 0 aromatic heterocycles. The summed E-state index contributed by atoms with van der Waals surface area (Å²) in [5.41, 5.74) is 1.15. The largest absolute Gasteiger partial charge is 0.314 e. The summed E-state index contributed by atoms with van der Waals surface area (Å²) in [7, 11) is -0.865. The van der Waals surface area contributed by atoms with Gasteiger partial charge in [0.05, 0.1) is 10.8 Å². The predicted molar refractivity (Wildman–Crippen MR) is 77.2 cm³/mol. The van der Waals surface area contributed by atoms with E-state index in [1.54, 1.807) is 0 Å². The van der Waals surface area contributed by atoms with Gasteiger partial charge in [-0.1, -0.05) is 32.0 Å². The molecule has 0 amide bonds. The molecular weight excluding hydrogens is 242 g/mol. The van der Waals surface area contributed by atoms with Crippen molar-refractivity contribution in [3.05, 3.63) is 29.8 Å². The first-order chi connectivity index (χ1) is 8.65. The van der Waals surface area contributed by atoms with Gasteiger partial charge in [-0.3, -0.25) is 4.21 Å². The second-order valence-electron chi connectivity index (χ2n) is 5.20. The summed E-state index contributed by atoms with van der Waals surface area (Å²) in [6, 6.07) is 8.60. The van der Waals surface area contributed by atoms with Crippen LogP contribution in [0.5, 0.6) is 0 Å². The third kappa shape index (κ3) is 2.67. The third-order valence-electron chi connectivity index (χ3n) is 4.03. The molecule has 4 atom stereocenters. The van der Waals surface area contributed by atoms with E-state index in [0.29, 0.717) is 17.2 Å². The minimum absolute atomic E-state index is 0.301. The standard InChI is InChI=1S/C15H23NOS/c1-4-16-13-9-10-15(12(13)3)18(17)14-8-6-5-7-11(14)2/h5-8,12-13,15-16H,4,9-10H2,1-3H3. The molecule has 18 heavy (non-hydrogen) atoms. The summed E-state index contributed by atoms with van der Waals surface area (Å²) >= 11 is 0. The Morgan fingerprint density at radius 3 is 2.72 bits per heavy atom. The normalized spacial score (nSPS) is 29.4. The monoisotopic (exact) mass is 265 g/mol. The van der Waals surface area contributed by atoms with E-state index in [1.165, 1.54) is 0 Å². The van der Waals surface area contributed by atoms with Crippen molar-refractivity contribution in [2.45, 2.75) is 49.8 Å². The first kappa shape index (κ1) is 13.8. The van der Waals surface area contributed by atoms with Crippen LogP contribution in [0.15, 0.2) is 29.2 Å². The SMILES string of the molecule is CCNC1CCC(S(=O)c2ccccc2C)C1C. The summed E-state index contributed by atoms with van der Waals surface area (Å²) in [6.07, 6.45) is 2.22. The molecule has 100 valence electrons. The van der Waals surface area contributed by atoms with E-state index in [0.717, 1.165) is 29.8 Å². The molecule has 1 aliphatic rings. The van der Waals surface area contributed by atoms with Crippen LogP contribution in [0.1, 0.15) is 32.3 Å². The molecular formula is C15H23NOS. The number of hydrogen-bond donors (Lipinski definition) is 1. The van der Waals surface area contributed by atoms with E-state index >= 15 is 0 Å². The van der Waals surface area contributed by atoms with Crippen LogP contribution in [-0.4, -0.2) is 22.0 Å². The van der Waals surface area contributed by atoms with Gasteiger partial charge in [-0.25, -0.2) is 0 Å². The van der Waals surface area contributed by atoms with Gasteiger partial charge in [0.25, 0.3) is 0 Å². The fraction of sp³-hybridized carbons (Fsp3) is 0.600. The Morgan fingerprint density at radius 1 is 1.33 bits per heavy atom. The molecule has 2 nitrogen and oxygen atoms in total. The van der Waals surface area contributed by atoms with Gasteiger partial charge < -0.3 is 5.32 Å². The minimum Gasteiger partial charge on any atom is -0.314 e. The molecule has 0 spiro atoms. The number of hydrogen-bond acceptors (Lipinski definition) is 2. The lowest BCUT2D eigenvalue weighted by molar-refractivity contribution is 0.438. The molecule has 4 unspecified atom stereocenters. The average molecular weight is 265 g/mol. The highest BCUT2D eigenvalue weighted by atomic mass is 32.2. The molecule has 0 heterocycles. The van der Waals surface area contributed by atoms with Gasteiger partial charge in [-0.15, -0.1) is 0 Å². The smallest absolute Gasteiger partial charge is 0.0566 e. The highest BCUT2D eigenvalue weighted by molar-refractivity contribution is 7.85. The van der Waals surface area contributed by atoms with Crippen molar-refractivity contribution in [2.75, 3.05) is 6.54 Å². The predicted octanol–water partition coefficient (Wildman–Crippen LogP) is 2.88. The zero-order chi connectivity index (χ0) is 13.1. The van der Waals surface area contributed by atoms with Gasteiger partial charge in [0, 0.05) is 16.2 Å². The van der Waals surface area contributed by atoms with E-state index in [9.17, 15) is 4.21 Å². The summed E-state index contributed by atoms with van der Waals surface area (Å²) < 4.78 is 12.7. The zero-order valence-corrected chi connectivity index (χ0v) is 12.3. The molecule has 1 aliphatic carbocycles. The van der Waals surface area contributed by atoms with Gasteiger partial charge in [-0.2, -0.15) is 0 Å². The lowest BCUT2D eigenvalue weighted by atomic mass is 10.1. The van der Waals surface area contributed by atoms with Crippen molar-refractivity contribution in [3.8, 4) is 0 Å². The molecule has 1 aromatic rings. The van der Waals surface area contributed by atoms with Gasteiger partial charge in [-0.05, 0) is 43.9 Å². The maximum atomic E-state index is 12.7. The van der Waals surface area contributed by atoms with Crippen molar-refractivity contribution < 1.29 is 4.21 Å². The number of nitrogens with one attached hydrogen (secondary N) is 1. The Kier molecular flexibility index (Phi) is 4.57. The maximum absolute atomic E-state index is 12.7. The molecule has 0 bridgehead atoms. The van der Waals surface area contributed by atoms with Gasteiger partial charge in [0.1, 0.15) is 0 Å². The lowest BCUT2D eigenvalue weighted by Crippen LogP contribution is -2.34. The van der Waals surface area contributed by atoms with Crippen LogP contribution >= 0.6 is 0 Å². The summed E-state index contributed by atoms with van der Waals surface area (Å²) in [5, 5.41) is 3.81. The number of aryl methyl sites for hydroxylation is 1. The van der Waals surface area contributed by atoms with E-state index in [4.69, 9.17) is 0 Å². The summed E-state index contributed by atoms with van der Waals surface area (Å²) in [5.74, 6) is 0.491. The van der Waals surface area contributed by atoms with Crippen LogP contribution in [0.2, 0.25) is 0 Å². The maximum Gasteiger partial charge on any atom is 0.0566 e. The quantitative estimate of drug-likeness (QED) is 0.907. The van der Waals surface area contributed by atoms with Crippen LogP contribution in [0.3, 0.4) is 0 Å². The highest BCUT2D eigenvalue weighted by Crippen LogP contribution is 2.33. The zero-order valence-electron chi connectivity index (χ0n) is 11.5. The van der Waals surface area contributed by atoms with Gasteiger partial charge in [0.2, 0.25) is 0 Å². The lowest BCUT2D eigenvalue weighted by Gasteiger charge is -2.21. The van der Waals surface area contributed by atoms with Crippen molar-refractivity contribution in [1.29, 1.82) is 0 Å². The first-order valence-electron chi connectivity index (χ1n) is 6.84. The third-order valence-corrected chi connectivity index (χ3v) is 6.14. The second-order valence-corrected chi connectivity index (χ2v) is 6.84. The molecule has 0 aliphatic heterocycles. The Morgan fingerprint density at radius 2 is 2.06 bits per heavy atom. The molecule has 1 N–H and O–H groups in total. The van der Waals surface area contributed by atoms with E-state index in [1.807, 2.05) is 18.2 Å². The minimum atomic E-state index is -0.865. The summed E-state index contributed by atoms with van der Waals surface area (Å²) in [4.78, 5) is 1.02. The number of benzene rings is 1. The molecule has 1 fully saturated rings. The molecule has 3 heteroatoms. The van der Waals surface area contributed by atoms with E-state index < -0.39 is 10.8 Å². The Bertz CT molecular complexity index is 432. The number of rotatable bonds is 4. The van der Waals surface area contributed by atoms with Crippen molar-refractivity contribution in [3.63, 3.8) is 0 Å². The average Bonchev–Trinajstić information content (AvgIpc) is 2.72. The molecule has 2 rings (SSSR count). The topological polar surface area (TPSA) is 29.1 Å². The summed E-state index contributed by atoms with van der Waals surface area (Å²) in [6.45, 7) is 7.42. The van der Waals surface area contributed by atoms with Crippen LogP contribution in [0.25, 0.3) is 0 Å². The highest BCUT2D eigenvalue weighted by Gasteiger charge is 2.36. The van der Waals surface area contributed by atoms with Crippen LogP contribution in [0.4, 0.5) is 0 Å². The van der Waals surface area contributed by atoms with Gasteiger partial charge in [0.15, 0.2) is 0 Å². The van der Waals surface area contributed by atoms with Crippen LogP contribution in [-0.2, 0) is 10.8 Å². The van der Waals surface area contributed by atoms with E-state index in [-0.39, 0.29) is 0 Å². The van der Waals surface area contributed by atoms with Crippen molar-refractivity contribution in [1.82, 2.24) is 5.32 Å². The Hall–Kier alpha value is -0.670.